The maximum absolute atomic E-state index is 5.45. The molecule has 92 valence electrons. The number of ether oxygens (including phenoxy) is 5. The van der Waals surface area contributed by atoms with E-state index in [0.717, 1.165) is 0 Å². The molecule has 0 amide bonds. The van der Waals surface area contributed by atoms with Gasteiger partial charge >= 0.3 is 5.97 Å². The third-order valence-electron chi connectivity index (χ3n) is 1.69. The monoisotopic (exact) mass is 223 g/mol. The Labute approximate surface area is 90.6 Å². The third-order valence-corrected chi connectivity index (χ3v) is 1.69. The van der Waals surface area contributed by atoms with Crippen LogP contribution in [-0.2, 0) is 23.7 Å². The predicted molar refractivity (Wildman–Crippen MR) is 53.9 cm³/mol. The lowest BCUT2D eigenvalue weighted by Gasteiger charge is -2.32. The molecule has 2 unspecified atom stereocenters. The van der Waals surface area contributed by atoms with Gasteiger partial charge < -0.3 is 24.7 Å². The fourth-order valence-corrected chi connectivity index (χ4v) is 1.09. The molecule has 2 atom stereocenters. The highest BCUT2D eigenvalue weighted by Crippen LogP contribution is 2.17. The number of nitrogens with two attached hydrogens (primary N) is 1. The summed E-state index contributed by atoms with van der Waals surface area (Å²) >= 11 is 0. The molecule has 0 fully saturated rings. The summed E-state index contributed by atoms with van der Waals surface area (Å²) in [5, 5.41) is 0. The second-order valence-corrected chi connectivity index (χ2v) is 3.05. The average molecular weight is 223 g/mol. The molecule has 0 bridgehead atoms. The van der Waals surface area contributed by atoms with E-state index in [-0.39, 0.29) is 6.61 Å². The van der Waals surface area contributed by atoms with E-state index in [1.54, 1.807) is 13.8 Å². The van der Waals surface area contributed by atoms with Crippen molar-refractivity contribution < 1.29 is 23.7 Å². The zero-order valence-electron chi connectivity index (χ0n) is 9.98. The summed E-state index contributed by atoms with van der Waals surface area (Å²) in [5.41, 5.74) is 5.45. The van der Waals surface area contributed by atoms with Crippen molar-refractivity contribution in [2.24, 2.45) is 5.73 Å². The summed E-state index contributed by atoms with van der Waals surface area (Å²) in [6.45, 7) is 3.54. The molecule has 0 saturated carbocycles. The van der Waals surface area contributed by atoms with Crippen LogP contribution in [0.3, 0.4) is 0 Å². The SMILES string of the molecule is COCC(OC)(OC)OC(C)OC(C)N. The van der Waals surface area contributed by atoms with Crippen molar-refractivity contribution in [3.8, 4) is 0 Å². The summed E-state index contributed by atoms with van der Waals surface area (Å²) in [6, 6.07) is 0. The zero-order chi connectivity index (χ0) is 11.9. The molecule has 0 aliphatic carbocycles. The molecule has 0 aliphatic heterocycles. The van der Waals surface area contributed by atoms with E-state index >= 15 is 0 Å². The molecule has 0 aromatic rings. The quantitative estimate of drug-likeness (QED) is 0.595. The van der Waals surface area contributed by atoms with Gasteiger partial charge in [0.15, 0.2) is 6.29 Å². The Morgan fingerprint density at radius 3 is 2.00 bits per heavy atom. The number of methoxy groups -OCH3 is 3. The normalized spacial score (nSPS) is 16.4. The van der Waals surface area contributed by atoms with E-state index in [1.165, 1.54) is 21.3 Å². The van der Waals surface area contributed by atoms with Gasteiger partial charge in [0.25, 0.3) is 0 Å². The lowest BCUT2D eigenvalue weighted by molar-refractivity contribution is -0.414. The molecular formula is C9H21NO5. The highest BCUT2D eigenvalue weighted by atomic mass is 16.9. The van der Waals surface area contributed by atoms with E-state index in [0.29, 0.717) is 0 Å². The number of hydrogen-bond donors (Lipinski definition) is 1. The van der Waals surface area contributed by atoms with Crippen molar-refractivity contribution in [3.05, 3.63) is 0 Å². The summed E-state index contributed by atoms with van der Waals surface area (Å²) in [4.78, 5) is 0. The number of hydrogen-bond acceptors (Lipinski definition) is 6. The summed E-state index contributed by atoms with van der Waals surface area (Å²) in [6.07, 6.45) is -0.978. The first-order valence-electron chi connectivity index (χ1n) is 4.67. The van der Waals surface area contributed by atoms with Gasteiger partial charge in [0.1, 0.15) is 12.8 Å². The van der Waals surface area contributed by atoms with Gasteiger partial charge in [-0.05, 0) is 13.8 Å². The zero-order valence-corrected chi connectivity index (χ0v) is 9.98. The van der Waals surface area contributed by atoms with Crippen molar-refractivity contribution in [1.29, 1.82) is 0 Å². The third kappa shape index (κ3) is 5.41. The topological polar surface area (TPSA) is 72.2 Å². The second-order valence-electron chi connectivity index (χ2n) is 3.05. The van der Waals surface area contributed by atoms with E-state index in [1.807, 2.05) is 0 Å². The largest absolute Gasteiger partial charge is 0.376 e. The van der Waals surface area contributed by atoms with Gasteiger partial charge in [-0.3, -0.25) is 4.74 Å². The summed E-state index contributed by atoms with van der Waals surface area (Å²) in [7, 11) is 4.44. The second kappa shape index (κ2) is 7.10. The molecule has 0 heterocycles. The van der Waals surface area contributed by atoms with Crippen molar-refractivity contribution in [3.63, 3.8) is 0 Å². The minimum atomic E-state index is -1.26. The van der Waals surface area contributed by atoms with Crippen LogP contribution in [0.15, 0.2) is 0 Å². The van der Waals surface area contributed by atoms with Gasteiger partial charge in [-0.2, -0.15) is 0 Å². The fourth-order valence-electron chi connectivity index (χ4n) is 1.09. The maximum atomic E-state index is 5.45. The fraction of sp³-hybridized carbons (Fsp3) is 1.00. The first kappa shape index (κ1) is 14.8. The molecule has 0 aromatic heterocycles. The molecule has 15 heavy (non-hydrogen) atoms. The van der Waals surface area contributed by atoms with Gasteiger partial charge in [-0.15, -0.1) is 0 Å². The van der Waals surface area contributed by atoms with E-state index < -0.39 is 18.5 Å². The lowest BCUT2D eigenvalue weighted by atomic mass is 10.5. The first-order valence-corrected chi connectivity index (χ1v) is 4.67. The first-order chi connectivity index (χ1) is 6.99. The van der Waals surface area contributed by atoms with Gasteiger partial charge in [0.2, 0.25) is 0 Å². The Balaban J connectivity index is 4.25. The van der Waals surface area contributed by atoms with Crippen molar-refractivity contribution in [2.75, 3.05) is 27.9 Å². The lowest BCUT2D eigenvalue weighted by Crippen LogP contribution is -2.45. The molecular weight excluding hydrogens is 202 g/mol. The van der Waals surface area contributed by atoms with Crippen molar-refractivity contribution in [1.82, 2.24) is 0 Å². The molecule has 6 heteroatoms. The molecule has 0 radical (unpaired) electrons. The highest BCUT2D eigenvalue weighted by molar-refractivity contribution is 4.55. The van der Waals surface area contributed by atoms with E-state index in [4.69, 9.17) is 29.4 Å². The van der Waals surface area contributed by atoms with Crippen molar-refractivity contribution >= 4 is 0 Å². The molecule has 0 saturated heterocycles. The smallest absolute Gasteiger partial charge is 0.309 e. The highest BCUT2D eigenvalue weighted by Gasteiger charge is 2.34. The van der Waals surface area contributed by atoms with Gasteiger partial charge in [-0.1, -0.05) is 0 Å². The molecule has 0 spiro atoms. The van der Waals surface area contributed by atoms with Crippen LogP contribution >= 0.6 is 0 Å². The van der Waals surface area contributed by atoms with Gasteiger partial charge in [-0.25, -0.2) is 0 Å². The Kier molecular flexibility index (Phi) is 6.99. The van der Waals surface area contributed by atoms with Crippen LogP contribution in [0.25, 0.3) is 0 Å². The maximum Gasteiger partial charge on any atom is 0.309 e. The Morgan fingerprint density at radius 2 is 1.67 bits per heavy atom. The van der Waals surface area contributed by atoms with Gasteiger partial charge in [0.05, 0.1) is 0 Å². The average Bonchev–Trinajstić information content (AvgIpc) is 2.15. The van der Waals surface area contributed by atoms with E-state index in [9.17, 15) is 0 Å². The Morgan fingerprint density at radius 1 is 1.13 bits per heavy atom. The van der Waals surface area contributed by atoms with E-state index in [2.05, 4.69) is 0 Å². The standard InChI is InChI=1S/C9H21NO5/c1-7(10)14-8(2)15-9(12-4,13-5)6-11-3/h7-8H,6,10H2,1-5H3. The van der Waals surface area contributed by atoms with Gasteiger partial charge in [0, 0.05) is 21.3 Å². The molecule has 0 aromatic carbocycles. The summed E-state index contributed by atoms with van der Waals surface area (Å²) < 4.78 is 25.7. The number of rotatable bonds is 8. The molecule has 2 N–H and O–H groups in total. The Hall–Kier alpha value is -0.240. The molecule has 0 rings (SSSR count). The molecule has 6 nitrogen and oxygen atoms in total. The summed E-state index contributed by atoms with van der Waals surface area (Å²) in [5.74, 6) is -1.26. The Bertz CT molecular complexity index is 161. The van der Waals surface area contributed by atoms with Crippen LogP contribution in [0.2, 0.25) is 0 Å². The van der Waals surface area contributed by atoms with Crippen LogP contribution in [0.1, 0.15) is 13.8 Å². The minimum absolute atomic E-state index is 0.132. The van der Waals surface area contributed by atoms with Crippen LogP contribution in [0.4, 0.5) is 0 Å². The van der Waals surface area contributed by atoms with Crippen molar-refractivity contribution in [2.45, 2.75) is 32.3 Å². The van der Waals surface area contributed by atoms with Crippen LogP contribution in [0, 0.1) is 0 Å². The predicted octanol–water partition coefficient (Wildman–Crippen LogP) is 0.263. The molecule has 0 aliphatic rings. The van der Waals surface area contributed by atoms with Crippen LogP contribution < -0.4 is 5.73 Å². The van der Waals surface area contributed by atoms with Crippen LogP contribution in [0.5, 0.6) is 0 Å². The minimum Gasteiger partial charge on any atom is -0.376 e. The van der Waals surface area contributed by atoms with Crippen LogP contribution in [-0.4, -0.2) is 46.4 Å².